The van der Waals surface area contributed by atoms with E-state index in [0.717, 1.165) is 41.1 Å². The highest BCUT2D eigenvalue weighted by atomic mass is 19.1. The van der Waals surface area contributed by atoms with E-state index in [1.807, 2.05) is 30.3 Å². The van der Waals surface area contributed by atoms with E-state index in [9.17, 15) is 46.6 Å². The fraction of sp³-hybridized carbons (Fsp3) is 0.222. The smallest absolute Gasteiger partial charge is 0.305 e. The highest BCUT2D eigenvalue weighted by Gasteiger charge is 2.35. The number of nitrogens with zero attached hydrogens (tertiary/aromatic N) is 2. The van der Waals surface area contributed by atoms with Crippen LogP contribution in [0.1, 0.15) is 41.2 Å². The number of carboxylic acid groups (broad SMARTS) is 1. The molecule has 17 heteroatoms. The molecule has 0 saturated carbocycles. The first-order chi connectivity index (χ1) is 29.7. The number of hydrogen-bond acceptors (Lipinski definition) is 11. The first kappa shape index (κ1) is 46.0. The number of halogens is 4. The molecule has 3 atom stereocenters. The van der Waals surface area contributed by atoms with Gasteiger partial charge in [0.05, 0.1) is 29.5 Å². The molecule has 0 aliphatic heterocycles. The number of benzene rings is 4. The van der Waals surface area contributed by atoms with Gasteiger partial charge < -0.3 is 24.6 Å². The second kappa shape index (κ2) is 21.4. The zero-order valence-electron chi connectivity index (χ0n) is 33.4. The number of rotatable bonds is 18. The minimum absolute atomic E-state index is 0.0325. The lowest BCUT2D eigenvalue weighted by atomic mass is 9.93. The number of carboxylic acids is 1. The van der Waals surface area contributed by atoms with E-state index in [1.165, 1.54) is 19.2 Å². The first-order valence-electron chi connectivity index (χ1n) is 18.9. The van der Waals surface area contributed by atoms with Crippen molar-refractivity contribution in [2.45, 2.75) is 38.5 Å². The van der Waals surface area contributed by atoms with Crippen molar-refractivity contribution >= 4 is 51.0 Å². The van der Waals surface area contributed by atoms with Crippen LogP contribution in [0, 0.1) is 29.2 Å². The van der Waals surface area contributed by atoms with Crippen LogP contribution in [-0.2, 0) is 19.1 Å². The van der Waals surface area contributed by atoms with Crippen LogP contribution >= 0.6 is 0 Å². The molecule has 6 rings (SSSR count). The van der Waals surface area contributed by atoms with E-state index in [1.54, 1.807) is 50.2 Å². The van der Waals surface area contributed by atoms with Crippen LogP contribution in [0.2, 0.25) is 0 Å². The van der Waals surface area contributed by atoms with Crippen molar-refractivity contribution in [3.05, 3.63) is 144 Å². The quantitative estimate of drug-likeness (QED) is 0.0362. The zero-order valence-corrected chi connectivity index (χ0v) is 33.4. The Morgan fingerprint density at radius 2 is 1.15 bits per heavy atom. The third-order valence-electron chi connectivity index (χ3n) is 9.20. The van der Waals surface area contributed by atoms with Gasteiger partial charge in [0.1, 0.15) is 24.7 Å². The minimum Gasteiger partial charge on any atom is -0.484 e. The Kier molecular flexibility index (Phi) is 15.9. The van der Waals surface area contributed by atoms with Crippen molar-refractivity contribution in [2.75, 3.05) is 20.4 Å². The second-order valence-corrected chi connectivity index (χ2v) is 13.8. The third-order valence-corrected chi connectivity index (χ3v) is 9.20. The Morgan fingerprint density at radius 3 is 1.66 bits per heavy atom. The van der Waals surface area contributed by atoms with Crippen molar-refractivity contribution in [3.63, 3.8) is 0 Å². The Bertz CT molecular complexity index is 2550. The number of carbonyl (C=O) groups is 5. The summed E-state index contributed by atoms with van der Waals surface area (Å²) in [5.41, 5.74) is 1.47. The number of fused-ring (bicyclic) bond motifs is 2. The standard InChI is InChI=1S/C26H25F2N3O6.C19H15F2NO3/c1-14(2)22(31-26(36)19-11-10-15-6-3-4-9-18(15)30-19)24(35)23(34)20(12-21(32)33)29-13-37-25-16(27)7-5-8-17(25)28;1-24-17(11-25-19-13(20)6-4-7-14(19)21)18(23)16-10-9-12-5-2-3-8-15(12)22-16/h3-11,14,20,22,29H,12-13H2,1-2H3,(H,31,36)(H,32,33);2-10,17H,11H2,1H3/t20-,22-;/m0./s1. The Labute approximate surface area is 352 Å². The van der Waals surface area contributed by atoms with Gasteiger partial charge in [-0.1, -0.05) is 74.5 Å². The number of methoxy groups -OCH3 is 1. The molecule has 3 N–H and O–H groups in total. The van der Waals surface area contributed by atoms with Gasteiger partial charge in [-0.2, -0.15) is 0 Å². The molecule has 0 bridgehead atoms. The normalized spacial score (nSPS) is 12.5. The summed E-state index contributed by atoms with van der Waals surface area (Å²) < 4.78 is 69.9. The molecule has 0 aliphatic carbocycles. The van der Waals surface area contributed by atoms with Crippen molar-refractivity contribution in [1.29, 1.82) is 0 Å². The van der Waals surface area contributed by atoms with Crippen molar-refractivity contribution in [1.82, 2.24) is 20.6 Å². The van der Waals surface area contributed by atoms with Crippen LogP contribution in [0.3, 0.4) is 0 Å². The summed E-state index contributed by atoms with van der Waals surface area (Å²) in [5.74, 6) is -10.2. The molecule has 13 nitrogen and oxygen atoms in total. The maximum Gasteiger partial charge on any atom is 0.305 e. The molecule has 2 aromatic heterocycles. The molecule has 0 aliphatic rings. The topological polar surface area (TPSA) is 183 Å². The lowest BCUT2D eigenvalue weighted by Gasteiger charge is -2.23. The van der Waals surface area contributed by atoms with Gasteiger partial charge in [0.15, 0.2) is 40.9 Å². The molecule has 1 amide bonds. The predicted molar refractivity (Wildman–Crippen MR) is 218 cm³/mol. The summed E-state index contributed by atoms with van der Waals surface area (Å²) in [6.07, 6.45) is -1.84. The minimum atomic E-state index is -1.57. The SMILES string of the molecule is CC(C)[C@H](NC(=O)c1ccc2ccccc2n1)C(=O)C(=O)[C@H](CC(=O)O)NCOc1c(F)cccc1F.COC(COc1c(F)cccc1F)C(=O)c1ccc2ccccc2n1. The van der Waals surface area contributed by atoms with E-state index < -0.39 is 101 Å². The van der Waals surface area contributed by atoms with Crippen LogP contribution in [-0.4, -0.2) is 82.9 Å². The molecule has 0 radical (unpaired) electrons. The number of amides is 1. The van der Waals surface area contributed by atoms with E-state index in [-0.39, 0.29) is 18.0 Å². The van der Waals surface area contributed by atoms with Crippen LogP contribution < -0.4 is 20.1 Å². The Hall–Kier alpha value is -7.11. The predicted octanol–water partition coefficient (Wildman–Crippen LogP) is 6.66. The Balaban J connectivity index is 0.000000252. The maximum absolute atomic E-state index is 13.8. The molecular weight excluding hydrogens is 817 g/mol. The number of aromatic nitrogens is 2. The number of para-hydroxylation sites is 4. The Morgan fingerprint density at radius 1 is 0.645 bits per heavy atom. The molecule has 6 aromatic rings. The molecule has 0 spiro atoms. The van der Waals surface area contributed by atoms with Gasteiger partial charge in [0.25, 0.3) is 5.91 Å². The number of ketones is 3. The van der Waals surface area contributed by atoms with Gasteiger partial charge in [-0.15, -0.1) is 0 Å². The number of hydrogen-bond donors (Lipinski definition) is 3. The third kappa shape index (κ3) is 11.8. The van der Waals surface area contributed by atoms with Gasteiger partial charge >= 0.3 is 5.97 Å². The van der Waals surface area contributed by atoms with Crippen molar-refractivity contribution in [2.24, 2.45) is 5.92 Å². The fourth-order valence-electron chi connectivity index (χ4n) is 5.93. The van der Waals surface area contributed by atoms with Crippen molar-refractivity contribution in [3.8, 4) is 11.5 Å². The molecule has 322 valence electrons. The largest absolute Gasteiger partial charge is 0.484 e. The van der Waals surface area contributed by atoms with E-state index in [2.05, 4.69) is 20.6 Å². The molecule has 0 fully saturated rings. The van der Waals surface area contributed by atoms with Gasteiger partial charge in [-0.25, -0.2) is 27.5 Å². The molecule has 1 unspecified atom stereocenters. The average molecular weight is 857 g/mol. The highest BCUT2D eigenvalue weighted by Crippen LogP contribution is 2.23. The molecule has 4 aromatic carbocycles. The van der Waals surface area contributed by atoms with E-state index in [0.29, 0.717) is 11.0 Å². The summed E-state index contributed by atoms with van der Waals surface area (Å²) in [5, 5.41) is 15.8. The van der Waals surface area contributed by atoms with E-state index >= 15 is 0 Å². The molecular formula is C45H40F4N4O9. The summed E-state index contributed by atoms with van der Waals surface area (Å²) in [4.78, 5) is 71.3. The molecule has 62 heavy (non-hydrogen) atoms. The molecule has 2 heterocycles. The van der Waals surface area contributed by atoms with Crippen LogP contribution in [0.4, 0.5) is 17.6 Å². The average Bonchev–Trinajstić information content (AvgIpc) is 3.26. The summed E-state index contributed by atoms with van der Waals surface area (Å²) in [7, 11) is 1.32. The van der Waals surface area contributed by atoms with Crippen LogP contribution in [0.25, 0.3) is 21.8 Å². The number of pyridine rings is 2. The summed E-state index contributed by atoms with van der Waals surface area (Å²) in [6.45, 7) is 2.22. The van der Waals surface area contributed by atoms with Gasteiger partial charge in [0, 0.05) is 17.9 Å². The maximum atomic E-state index is 13.8. The second-order valence-electron chi connectivity index (χ2n) is 13.8. The number of nitrogens with one attached hydrogen (secondary N) is 2. The zero-order chi connectivity index (χ0) is 44.9. The number of carbonyl (C=O) groups excluding carboxylic acids is 4. The van der Waals surface area contributed by atoms with Crippen LogP contribution in [0.5, 0.6) is 11.5 Å². The van der Waals surface area contributed by atoms with Crippen LogP contribution in [0.15, 0.2) is 109 Å². The van der Waals surface area contributed by atoms with E-state index in [4.69, 9.17) is 14.2 Å². The van der Waals surface area contributed by atoms with Gasteiger partial charge in [0.2, 0.25) is 17.3 Å². The first-order valence-corrected chi connectivity index (χ1v) is 18.9. The number of aliphatic carboxylic acids is 1. The number of Topliss-reactive ketones (excluding diaryl/α,β-unsaturated/α-hetero) is 3. The highest BCUT2D eigenvalue weighted by molar-refractivity contribution is 6.41. The summed E-state index contributed by atoms with van der Waals surface area (Å²) in [6, 6.07) is 24.6. The molecule has 0 saturated heterocycles. The van der Waals surface area contributed by atoms with Crippen molar-refractivity contribution < 1.29 is 60.9 Å². The number of ether oxygens (including phenoxy) is 3. The van der Waals surface area contributed by atoms with Gasteiger partial charge in [-0.3, -0.25) is 29.3 Å². The lowest BCUT2D eigenvalue weighted by molar-refractivity contribution is -0.143. The lowest BCUT2D eigenvalue weighted by Crippen LogP contribution is -2.53. The monoisotopic (exact) mass is 856 g/mol. The summed E-state index contributed by atoms with van der Waals surface area (Å²) >= 11 is 0. The fourth-order valence-corrected chi connectivity index (χ4v) is 5.93. The van der Waals surface area contributed by atoms with Gasteiger partial charge in [-0.05, 0) is 54.4 Å².